The molecule has 1 aliphatic heterocycles. The number of hydrogen-bond donors (Lipinski definition) is 1. The standard InChI is InChI=1S/C10H19NO3/c1-7(2)11(3)6-8-4-5-9(14-8)10(12)13/h7-9H,4-6H2,1-3H3,(H,12,13)/t8-,9+/m0/s1. The Morgan fingerprint density at radius 3 is 2.64 bits per heavy atom. The highest BCUT2D eigenvalue weighted by Gasteiger charge is 2.31. The first-order valence-corrected chi connectivity index (χ1v) is 5.09. The highest BCUT2D eigenvalue weighted by atomic mass is 16.5. The minimum absolute atomic E-state index is 0.0866. The number of nitrogens with zero attached hydrogens (tertiary/aromatic N) is 1. The fourth-order valence-electron chi connectivity index (χ4n) is 1.55. The van der Waals surface area contributed by atoms with Crippen molar-refractivity contribution >= 4 is 5.97 Å². The molecule has 0 aromatic carbocycles. The van der Waals surface area contributed by atoms with E-state index in [4.69, 9.17) is 9.84 Å². The molecule has 1 N–H and O–H groups in total. The Hall–Kier alpha value is -0.610. The maximum absolute atomic E-state index is 10.6. The lowest BCUT2D eigenvalue weighted by atomic mass is 10.2. The van der Waals surface area contributed by atoms with Crippen LogP contribution in [-0.4, -0.2) is 47.8 Å². The highest BCUT2D eigenvalue weighted by molar-refractivity contribution is 5.72. The molecule has 0 amide bonds. The third-order valence-electron chi connectivity index (χ3n) is 2.76. The van der Waals surface area contributed by atoms with Gasteiger partial charge in [0.2, 0.25) is 0 Å². The summed E-state index contributed by atoms with van der Waals surface area (Å²) in [6.45, 7) is 5.05. The Morgan fingerprint density at radius 2 is 2.21 bits per heavy atom. The van der Waals surface area contributed by atoms with Crippen molar-refractivity contribution in [2.45, 2.75) is 44.9 Å². The van der Waals surface area contributed by atoms with Gasteiger partial charge in [0.25, 0.3) is 0 Å². The summed E-state index contributed by atoms with van der Waals surface area (Å²) >= 11 is 0. The Balaban J connectivity index is 2.32. The molecule has 1 aliphatic rings. The lowest BCUT2D eigenvalue weighted by Crippen LogP contribution is -2.34. The Bertz CT molecular complexity index is 206. The molecule has 1 heterocycles. The van der Waals surface area contributed by atoms with Gasteiger partial charge in [0.05, 0.1) is 6.10 Å². The molecule has 0 aromatic rings. The third-order valence-corrected chi connectivity index (χ3v) is 2.76. The van der Waals surface area contributed by atoms with Crippen LogP contribution in [0.5, 0.6) is 0 Å². The zero-order valence-corrected chi connectivity index (χ0v) is 9.06. The summed E-state index contributed by atoms with van der Waals surface area (Å²) in [5.41, 5.74) is 0. The van der Waals surface area contributed by atoms with Gasteiger partial charge in [0.15, 0.2) is 6.10 Å². The second kappa shape index (κ2) is 4.75. The minimum atomic E-state index is -0.834. The van der Waals surface area contributed by atoms with E-state index in [0.29, 0.717) is 12.5 Å². The van der Waals surface area contributed by atoms with E-state index in [2.05, 4.69) is 18.7 Å². The van der Waals surface area contributed by atoms with Crippen LogP contribution in [0.25, 0.3) is 0 Å². The minimum Gasteiger partial charge on any atom is -0.479 e. The Labute approximate surface area is 84.8 Å². The molecule has 1 fully saturated rings. The number of carbonyl (C=O) groups is 1. The van der Waals surface area contributed by atoms with Gasteiger partial charge in [-0.15, -0.1) is 0 Å². The van der Waals surface area contributed by atoms with E-state index < -0.39 is 12.1 Å². The van der Waals surface area contributed by atoms with Gasteiger partial charge in [0.1, 0.15) is 0 Å². The normalized spacial score (nSPS) is 27.5. The summed E-state index contributed by atoms with van der Waals surface area (Å²) in [7, 11) is 2.03. The smallest absolute Gasteiger partial charge is 0.332 e. The average molecular weight is 201 g/mol. The molecule has 4 heteroatoms. The topological polar surface area (TPSA) is 49.8 Å². The first-order valence-electron chi connectivity index (χ1n) is 5.09. The summed E-state index contributed by atoms with van der Waals surface area (Å²) in [5, 5.41) is 8.74. The van der Waals surface area contributed by atoms with Gasteiger partial charge in [-0.25, -0.2) is 4.79 Å². The lowest BCUT2D eigenvalue weighted by Gasteiger charge is -2.24. The van der Waals surface area contributed by atoms with Crippen molar-refractivity contribution in [1.82, 2.24) is 4.90 Å². The predicted octanol–water partition coefficient (Wildman–Crippen LogP) is 0.959. The van der Waals surface area contributed by atoms with Gasteiger partial charge in [-0.05, 0) is 33.7 Å². The zero-order valence-electron chi connectivity index (χ0n) is 9.06. The van der Waals surface area contributed by atoms with Gasteiger partial charge < -0.3 is 14.7 Å². The number of carboxylic acid groups (broad SMARTS) is 1. The maximum Gasteiger partial charge on any atom is 0.332 e. The van der Waals surface area contributed by atoms with Gasteiger partial charge >= 0.3 is 5.97 Å². The van der Waals surface area contributed by atoms with Crippen molar-refractivity contribution in [3.8, 4) is 0 Å². The molecule has 1 rings (SSSR count). The van der Waals surface area contributed by atoms with Crippen LogP contribution >= 0.6 is 0 Å². The molecule has 0 spiro atoms. The van der Waals surface area contributed by atoms with E-state index in [0.717, 1.165) is 13.0 Å². The van der Waals surface area contributed by atoms with Crippen LogP contribution in [0.3, 0.4) is 0 Å². The number of aliphatic carboxylic acids is 1. The van der Waals surface area contributed by atoms with Crippen molar-refractivity contribution in [3.63, 3.8) is 0 Å². The van der Waals surface area contributed by atoms with Crippen LogP contribution in [0.1, 0.15) is 26.7 Å². The van der Waals surface area contributed by atoms with Crippen LogP contribution in [0.4, 0.5) is 0 Å². The molecule has 14 heavy (non-hydrogen) atoms. The van der Waals surface area contributed by atoms with Gasteiger partial charge in [-0.3, -0.25) is 0 Å². The quantitative estimate of drug-likeness (QED) is 0.736. The molecule has 1 saturated heterocycles. The van der Waals surface area contributed by atoms with E-state index in [9.17, 15) is 4.79 Å². The molecule has 4 nitrogen and oxygen atoms in total. The third kappa shape index (κ3) is 2.96. The maximum atomic E-state index is 10.6. The second-order valence-electron chi connectivity index (χ2n) is 4.20. The molecular formula is C10H19NO3. The molecule has 0 saturated carbocycles. The Morgan fingerprint density at radius 1 is 1.57 bits per heavy atom. The van der Waals surface area contributed by atoms with Gasteiger partial charge in [-0.2, -0.15) is 0 Å². The van der Waals surface area contributed by atoms with Crippen LogP contribution < -0.4 is 0 Å². The summed E-state index contributed by atoms with van der Waals surface area (Å²) in [6.07, 6.45) is 1.00. The van der Waals surface area contributed by atoms with Gasteiger partial charge in [0, 0.05) is 12.6 Å². The van der Waals surface area contributed by atoms with Crippen LogP contribution in [0, 0.1) is 0 Å². The molecule has 0 unspecified atom stereocenters. The summed E-state index contributed by atoms with van der Waals surface area (Å²) < 4.78 is 5.40. The summed E-state index contributed by atoms with van der Waals surface area (Å²) in [5.74, 6) is -0.834. The van der Waals surface area contributed by atoms with Crippen molar-refractivity contribution in [2.75, 3.05) is 13.6 Å². The van der Waals surface area contributed by atoms with Crippen molar-refractivity contribution < 1.29 is 14.6 Å². The first kappa shape index (κ1) is 11.5. The number of likely N-dealkylation sites (N-methyl/N-ethyl adjacent to an activating group) is 1. The van der Waals surface area contributed by atoms with Crippen molar-refractivity contribution in [1.29, 1.82) is 0 Å². The molecule has 0 radical (unpaired) electrons. The van der Waals surface area contributed by atoms with E-state index in [1.807, 2.05) is 7.05 Å². The molecule has 0 bridgehead atoms. The number of carboxylic acids is 1. The van der Waals surface area contributed by atoms with Crippen LogP contribution in [-0.2, 0) is 9.53 Å². The molecular weight excluding hydrogens is 182 g/mol. The van der Waals surface area contributed by atoms with Gasteiger partial charge in [-0.1, -0.05) is 0 Å². The summed E-state index contributed by atoms with van der Waals surface area (Å²) in [6, 6.07) is 0.475. The number of rotatable bonds is 4. The largest absolute Gasteiger partial charge is 0.479 e. The monoisotopic (exact) mass is 201 g/mol. The Kier molecular flexibility index (Phi) is 3.89. The average Bonchev–Trinajstić information content (AvgIpc) is 2.52. The fraction of sp³-hybridized carbons (Fsp3) is 0.900. The van der Waals surface area contributed by atoms with Crippen molar-refractivity contribution in [3.05, 3.63) is 0 Å². The molecule has 2 atom stereocenters. The predicted molar refractivity (Wildman–Crippen MR) is 53.3 cm³/mol. The van der Waals surface area contributed by atoms with E-state index >= 15 is 0 Å². The van der Waals surface area contributed by atoms with E-state index in [-0.39, 0.29) is 6.10 Å². The molecule has 82 valence electrons. The van der Waals surface area contributed by atoms with Crippen LogP contribution in [0.15, 0.2) is 0 Å². The van der Waals surface area contributed by atoms with E-state index in [1.165, 1.54) is 0 Å². The zero-order chi connectivity index (χ0) is 10.7. The lowest BCUT2D eigenvalue weighted by molar-refractivity contribution is -0.149. The van der Waals surface area contributed by atoms with Crippen molar-refractivity contribution in [2.24, 2.45) is 0 Å². The second-order valence-corrected chi connectivity index (χ2v) is 4.20. The SMILES string of the molecule is CC(C)N(C)C[C@@H]1CC[C@H](C(=O)O)O1. The van der Waals surface area contributed by atoms with Crippen LogP contribution in [0.2, 0.25) is 0 Å². The van der Waals surface area contributed by atoms with E-state index in [1.54, 1.807) is 0 Å². The molecule has 0 aliphatic carbocycles. The fourth-order valence-corrected chi connectivity index (χ4v) is 1.55. The first-order chi connectivity index (χ1) is 6.50. The number of hydrogen-bond acceptors (Lipinski definition) is 3. The highest BCUT2D eigenvalue weighted by Crippen LogP contribution is 2.20. The molecule has 0 aromatic heterocycles. The summed E-state index contributed by atoms with van der Waals surface area (Å²) in [4.78, 5) is 12.8. The number of ether oxygens (including phenoxy) is 1.